The molecule has 1 fully saturated rings. The fraction of sp³-hybridized carbons (Fsp3) is 0.429. The molecule has 5 heteroatoms. The molecular weight excluding hydrogens is 306 g/mol. The van der Waals surface area contributed by atoms with Crippen molar-refractivity contribution in [1.82, 2.24) is 10.3 Å². The molecule has 102 valence electrons. The van der Waals surface area contributed by atoms with Gasteiger partial charge in [-0.15, -0.1) is 0 Å². The number of piperidine rings is 1. The molecule has 0 unspecified atom stereocenters. The summed E-state index contributed by atoms with van der Waals surface area (Å²) in [7, 11) is 0. The Morgan fingerprint density at radius 3 is 2.53 bits per heavy atom. The van der Waals surface area contributed by atoms with Crippen molar-refractivity contribution in [1.29, 1.82) is 0 Å². The van der Waals surface area contributed by atoms with Gasteiger partial charge in [0.05, 0.1) is 0 Å². The zero-order valence-electron chi connectivity index (χ0n) is 11.0. The third-order valence-corrected chi connectivity index (χ3v) is 3.83. The lowest BCUT2D eigenvalue weighted by Gasteiger charge is -2.25. The first-order valence-electron chi connectivity index (χ1n) is 6.52. The summed E-state index contributed by atoms with van der Waals surface area (Å²) in [6.45, 7) is 5.31. The Bertz CT molecular complexity index is 460. The number of hydrazone groups is 1. The van der Waals surface area contributed by atoms with Crippen LogP contribution in [0.2, 0.25) is 0 Å². The molecule has 0 atom stereocenters. The van der Waals surface area contributed by atoms with Crippen molar-refractivity contribution in [2.24, 2.45) is 5.10 Å². The molecule has 1 aliphatic rings. The topological polar surface area (TPSA) is 44.7 Å². The lowest BCUT2D eigenvalue weighted by molar-refractivity contribution is 0.0954. The highest BCUT2D eigenvalue weighted by Crippen LogP contribution is 2.10. The van der Waals surface area contributed by atoms with E-state index in [4.69, 9.17) is 0 Å². The van der Waals surface area contributed by atoms with Crippen molar-refractivity contribution in [2.45, 2.75) is 19.8 Å². The molecule has 0 aromatic heterocycles. The number of rotatable bonds is 3. The Hall–Kier alpha value is -1.20. The van der Waals surface area contributed by atoms with Gasteiger partial charge in [-0.2, -0.15) is 5.10 Å². The van der Waals surface area contributed by atoms with E-state index in [0.29, 0.717) is 5.56 Å². The van der Waals surface area contributed by atoms with Gasteiger partial charge in [0.15, 0.2) is 0 Å². The van der Waals surface area contributed by atoms with Crippen molar-refractivity contribution in [3.8, 4) is 0 Å². The van der Waals surface area contributed by atoms with Gasteiger partial charge in [-0.1, -0.05) is 22.9 Å². The van der Waals surface area contributed by atoms with Gasteiger partial charge in [0.25, 0.3) is 5.91 Å². The summed E-state index contributed by atoms with van der Waals surface area (Å²) in [5.74, 6) is -0.155. The summed E-state index contributed by atoms with van der Waals surface area (Å²) >= 11 is 3.34. The summed E-state index contributed by atoms with van der Waals surface area (Å²) in [6, 6.07) is 7.25. The van der Waals surface area contributed by atoms with E-state index >= 15 is 0 Å². The van der Waals surface area contributed by atoms with E-state index in [1.54, 1.807) is 12.1 Å². The number of benzene rings is 1. The van der Waals surface area contributed by atoms with E-state index in [2.05, 4.69) is 38.3 Å². The molecule has 1 N–H and O–H groups in total. The Kier molecular flexibility index (Phi) is 5.10. The molecule has 1 aromatic carbocycles. The van der Waals surface area contributed by atoms with Gasteiger partial charge in [-0.05, 0) is 30.8 Å². The fourth-order valence-corrected chi connectivity index (χ4v) is 2.30. The van der Waals surface area contributed by atoms with Gasteiger partial charge in [0, 0.05) is 41.7 Å². The van der Waals surface area contributed by atoms with Gasteiger partial charge < -0.3 is 4.90 Å². The van der Waals surface area contributed by atoms with Crippen LogP contribution in [0.15, 0.2) is 33.8 Å². The minimum absolute atomic E-state index is 0.155. The van der Waals surface area contributed by atoms with Gasteiger partial charge in [-0.25, -0.2) is 5.43 Å². The number of amides is 1. The summed E-state index contributed by atoms with van der Waals surface area (Å²) in [5, 5.41) is 4.23. The molecule has 2 rings (SSSR count). The molecule has 0 bridgehead atoms. The monoisotopic (exact) mass is 323 g/mol. The van der Waals surface area contributed by atoms with E-state index < -0.39 is 0 Å². The molecule has 0 aliphatic carbocycles. The molecule has 1 saturated heterocycles. The third kappa shape index (κ3) is 4.14. The van der Waals surface area contributed by atoms with Crippen molar-refractivity contribution in [3.63, 3.8) is 0 Å². The Balaban J connectivity index is 1.88. The van der Waals surface area contributed by atoms with E-state index in [9.17, 15) is 4.79 Å². The molecule has 0 saturated carbocycles. The fourth-order valence-electron chi connectivity index (χ4n) is 2.03. The minimum Gasteiger partial charge on any atom is -0.303 e. The highest BCUT2D eigenvalue weighted by molar-refractivity contribution is 9.10. The first kappa shape index (κ1) is 14.2. The van der Waals surface area contributed by atoms with Crippen LogP contribution in [0.3, 0.4) is 0 Å². The van der Waals surface area contributed by atoms with Crippen LogP contribution >= 0.6 is 15.9 Å². The van der Waals surface area contributed by atoms with E-state index in [1.807, 2.05) is 12.1 Å². The normalized spacial score (nSPS) is 16.2. The maximum absolute atomic E-state index is 11.9. The highest BCUT2D eigenvalue weighted by atomic mass is 79.9. The predicted molar refractivity (Wildman–Crippen MR) is 80.4 cm³/mol. The first-order valence-corrected chi connectivity index (χ1v) is 7.32. The Labute approximate surface area is 122 Å². The maximum atomic E-state index is 11.9. The number of nitrogens with one attached hydrogen (secondary N) is 1. The second-order valence-corrected chi connectivity index (χ2v) is 5.48. The quantitative estimate of drug-likeness (QED) is 0.869. The van der Waals surface area contributed by atoms with Crippen LogP contribution in [-0.4, -0.2) is 36.2 Å². The van der Waals surface area contributed by atoms with Crippen molar-refractivity contribution in [3.05, 3.63) is 34.3 Å². The number of likely N-dealkylation sites (tertiary alicyclic amines) is 1. The number of halogens is 1. The molecule has 1 aliphatic heterocycles. The van der Waals surface area contributed by atoms with Crippen LogP contribution < -0.4 is 5.43 Å². The van der Waals surface area contributed by atoms with Crippen LogP contribution in [0, 0.1) is 0 Å². The van der Waals surface area contributed by atoms with Crippen molar-refractivity contribution >= 4 is 27.5 Å². The summed E-state index contributed by atoms with van der Waals surface area (Å²) in [5.41, 5.74) is 4.34. The largest absolute Gasteiger partial charge is 0.303 e. The number of hydrogen-bond acceptors (Lipinski definition) is 3. The SMILES string of the molecule is CCN1CCC(=NNC(=O)c2ccc(Br)cc2)CC1. The van der Waals surface area contributed by atoms with Gasteiger partial charge in [0.1, 0.15) is 0 Å². The van der Waals surface area contributed by atoms with Gasteiger partial charge in [0.2, 0.25) is 0 Å². The van der Waals surface area contributed by atoms with Crippen LogP contribution in [0.1, 0.15) is 30.1 Å². The standard InChI is InChI=1S/C14H18BrN3O/c1-2-18-9-7-13(8-10-18)16-17-14(19)11-3-5-12(15)6-4-11/h3-6H,2,7-10H2,1H3,(H,17,19). The predicted octanol–water partition coefficient (Wildman–Crippen LogP) is 2.65. The van der Waals surface area contributed by atoms with E-state index in [0.717, 1.165) is 42.7 Å². The van der Waals surface area contributed by atoms with Crippen LogP contribution in [0.5, 0.6) is 0 Å². The molecular formula is C14H18BrN3O. The average molecular weight is 324 g/mol. The van der Waals surface area contributed by atoms with Crippen LogP contribution in [-0.2, 0) is 0 Å². The summed E-state index contributed by atoms with van der Waals surface area (Å²) < 4.78 is 0.960. The molecule has 0 spiro atoms. The first-order chi connectivity index (χ1) is 9.19. The smallest absolute Gasteiger partial charge is 0.271 e. The number of hydrogen-bond donors (Lipinski definition) is 1. The van der Waals surface area contributed by atoms with Gasteiger partial charge in [-0.3, -0.25) is 4.79 Å². The lowest BCUT2D eigenvalue weighted by Crippen LogP contribution is -2.34. The highest BCUT2D eigenvalue weighted by Gasteiger charge is 2.13. The Morgan fingerprint density at radius 1 is 1.32 bits per heavy atom. The van der Waals surface area contributed by atoms with Crippen LogP contribution in [0.4, 0.5) is 0 Å². The van der Waals surface area contributed by atoms with Crippen molar-refractivity contribution in [2.75, 3.05) is 19.6 Å². The molecule has 1 amide bonds. The number of carbonyl (C=O) groups is 1. The number of carbonyl (C=O) groups excluding carboxylic acids is 1. The second kappa shape index (κ2) is 6.82. The molecule has 0 radical (unpaired) electrons. The molecule has 1 heterocycles. The van der Waals surface area contributed by atoms with E-state index in [1.165, 1.54) is 0 Å². The zero-order valence-corrected chi connectivity index (χ0v) is 12.6. The molecule has 1 aromatic rings. The zero-order chi connectivity index (χ0) is 13.7. The Morgan fingerprint density at radius 2 is 1.95 bits per heavy atom. The average Bonchev–Trinajstić information content (AvgIpc) is 2.46. The molecule has 4 nitrogen and oxygen atoms in total. The third-order valence-electron chi connectivity index (χ3n) is 3.30. The minimum atomic E-state index is -0.155. The molecule has 19 heavy (non-hydrogen) atoms. The second-order valence-electron chi connectivity index (χ2n) is 4.56. The summed E-state index contributed by atoms with van der Waals surface area (Å²) in [4.78, 5) is 14.3. The maximum Gasteiger partial charge on any atom is 0.271 e. The summed E-state index contributed by atoms with van der Waals surface area (Å²) in [6.07, 6.45) is 1.88. The van der Waals surface area contributed by atoms with Crippen LogP contribution in [0.25, 0.3) is 0 Å². The van der Waals surface area contributed by atoms with E-state index in [-0.39, 0.29) is 5.91 Å². The van der Waals surface area contributed by atoms with Crippen molar-refractivity contribution < 1.29 is 4.79 Å². The number of nitrogens with zero attached hydrogens (tertiary/aromatic N) is 2. The van der Waals surface area contributed by atoms with Gasteiger partial charge >= 0.3 is 0 Å². The lowest BCUT2D eigenvalue weighted by atomic mass is 10.1.